The fraction of sp³-hybridized carbons (Fsp3) is 0. The van der Waals surface area contributed by atoms with E-state index in [1.165, 1.54) is 20.2 Å². The van der Waals surface area contributed by atoms with Crippen LogP contribution in [0.1, 0.15) is 0 Å². The summed E-state index contributed by atoms with van der Waals surface area (Å²) < 4.78 is 4.53. The van der Waals surface area contributed by atoms with Crippen molar-refractivity contribution < 1.29 is 20.1 Å². The molecule has 0 spiro atoms. The van der Waals surface area contributed by atoms with E-state index >= 15 is 0 Å². The van der Waals surface area contributed by atoms with Gasteiger partial charge in [0.25, 0.3) is 0 Å². The van der Waals surface area contributed by atoms with Gasteiger partial charge in [-0.1, -0.05) is 71.6 Å². The molecule has 0 atom stereocenters. The summed E-state index contributed by atoms with van der Waals surface area (Å²) in [5.41, 5.74) is 7.06. The quantitative estimate of drug-likeness (QED) is 0.168. The van der Waals surface area contributed by atoms with Crippen molar-refractivity contribution in [3.63, 3.8) is 0 Å². The van der Waals surface area contributed by atoms with Gasteiger partial charge in [-0.2, -0.15) is 11.3 Å². The van der Waals surface area contributed by atoms with Gasteiger partial charge in [-0.25, -0.2) is 9.97 Å². The number of aromatic nitrogens is 5. The van der Waals surface area contributed by atoms with Crippen LogP contribution < -0.4 is 0 Å². The van der Waals surface area contributed by atoms with Gasteiger partial charge in [0.2, 0.25) is 0 Å². The van der Waals surface area contributed by atoms with Crippen LogP contribution in [0.15, 0.2) is 140 Å². The third-order valence-corrected chi connectivity index (χ3v) is 8.60. The van der Waals surface area contributed by atoms with Gasteiger partial charge in [-0.3, -0.25) is 4.98 Å². The summed E-state index contributed by atoms with van der Waals surface area (Å²) in [6.45, 7) is 0. The molecular formula is C38H23IrN5S-2. The first-order valence-electron chi connectivity index (χ1n) is 14.2. The van der Waals surface area contributed by atoms with Crippen molar-refractivity contribution in [2.24, 2.45) is 0 Å². The topological polar surface area (TPSA) is 56.5 Å². The Morgan fingerprint density at radius 2 is 1.36 bits per heavy atom. The molecule has 0 aliphatic heterocycles. The van der Waals surface area contributed by atoms with E-state index in [1.807, 2.05) is 91.0 Å². The van der Waals surface area contributed by atoms with Crippen LogP contribution in [0.25, 0.3) is 70.8 Å². The molecule has 0 unspecified atom stereocenters. The molecule has 9 aromatic rings. The molecule has 0 bridgehead atoms. The zero-order valence-electron chi connectivity index (χ0n) is 23.8. The SMILES string of the molecule is [Ir].[c-]1ccc2c(sc3ccccc32)c1-c1nc2nc3ccccc3nc2n1-c1ccccc1.[c-]1ccccc1-c1ccccn1. The Balaban J connectivity index is 0.000000211. The van der Waals surface area contributed by atoms with Gasteiger partial charge in [0.15, 0.2) is 11.3 Å². The molecule has 0 saturated heterocycles. The third kappa shape index (κ3) is 5.42. The predicted molar refractivity (Wildman–Crippen MR) is 180 cm³/mol. The number of hydrogen-bond acceptors (Lipinski definition) is 5. The van der Waals surface area contributed by atoms with Gasteiger partial charge in [-0.05, 0) is 52.2 Å². The minimum Gasteiger partial charge on any atom is -0.316 e. The fourth-order valence-corrected chi connectivity index (χ4v) is 6.57. The number of nitrogens with zero attached hydrogens (tertiary/aromatic N) is 5. The first-order valence-corrected chi connectivity index (χ1v) is 15.1. The molecule has 1 radical (unpaired) electrons. The Bertz CT molecular complexity index is 2350. The molecular weight excluding hydrogens is 751 g/mol. The maximum Gasteiger partial charge on any atom is 0.188 e. The average molecular weight is 774 g/mol. The van der Waals surface area contributed by atoms with Gasteiger partial charge >= 0.3 is 0 Å². The van der Waals surface area contributed by atoms with Crippen molar-refractivity contribution in [3.05, 3.63) is 152 Å². The van der Waals surface area contributed by atoms with E-state index in [2.05, 4.69) is 64.1 Å². The number of rotatable bonds is 3. The van der Waals surface area contributed by atoms with Crippen molar-refractivity contribution in [1.82, 2.24) is 24.5 Å². The van der Waals surface area contributed by atoms with Crippen molar-refractivity contribution in [1.29, 1.82) is 0 Å². The zero-order valence-corrected chi connectivity index (χ0v) is 27.0. The molecule has 5 nitrogen and oxygen atoms in total. The minimum absolute atomic E-state index is 0. The Morgan fingerprint density at radius 3 is 2.16 bits per heavy atom. The Labute approximate surface area is 277 Å². The number of pyridine rings is 1. The van der Waals surface area contributed by atoms with Crippen molar-refractivity contribution in [3.8, 4) is 28.3 Å². The summed E-state index contributed by atoms with van der Waals surface area (Å²) in [6.07, 6.45) is 1.79. The van der Waals surface area contributed by atoms with Gasteiger partial charge < -0.3 is 9.55 Å². The van der Waals surface area contributed by atoms with E-state index < -0.39 is 0 Å². The second-order valence-electron chi connectivity index (χ2n) is 10.2. The maximum absolute atomic E-state index is 4.99. The number of hydrogen-bond donors (Lipinski definition) is 0. The monoisotopic (exact) mass is 774 g/mol. The molecule has 0 saturated carbocycles. The molecule has 0 aliphatic rings. The maximum atomic E-state index is 4.99. The molecule has 0 aliphatic carbocycles. The standard InChI is InChI=1S/C27H15N4S.C11H8N.Ir/c1-2-9-17(10-3-1)31-26(30-25-27(31)29-22-15-6-5-14-21(22)28-25)20-13-8-12-19-18-11-4-7-16-23(18)32-24(19)20;1-2-6-10(7-3-1)11-8-4-5-9-12-11;/h1-12,14-16H;1-6,8-9H;/q2*-1;. The minimum atomic E-state index is 0. The fourth-order valence-electron chi connectivity index (χ4n) is 5.38. The number of thiophene rings is 1. The molecule has 0 amide bonds. The molecule has 7 heteroatoms. The summed E-state index contributed by atoms with van der Waals surface area (Å²) in [4.78, 5) is 19.0. The first kappa shape index (κ1) is 28.7. The van der Waals surface area contributed by atoms with Crippen LogP contribution in [0.4, 0.5) is 0 Å². The van der Waals surface area contributed by atoms with Crippen LogP contribution in [0.2, 0.25) is 0 Å². The van der Waals surface area contributed by atoms with Crippen molar-refractivity contribution in [2.45, 2.75) is 0 Å². The van der Waals surface area contributed by atoms with Gasteiger partial charge in [-0.15, -0.1) is 54.1 Å². The number of benzene rings is 5. The second kappa shape index (κ2) is 12.5. The Hall–Kier alpha value is -5.07. The molecule has 5 aromatic carbocycles. The molecule has 4 aromatic heterocycles. The van der Waals surface area contributed by atoms with E-state index in [9.17, 15) is 0 Å². The summed E-state index contributed by atoms with van der Waals surface area (Å²) in [6, 6.07) is 51.1. The van der Waals surface area contributed by atoms with E-state index in [-0.39, 0.29) is 20.1 Å². The van der Waals surface area contributed by atoms with Gasteiger partial charge in [0.05, 0.1) is 16.9 Å². The molecule has 45 heavy (non-hydrogen) atoms. The molecule has 4 heterocycles. The summed E-state index contributed by atoms with van der Waals surface area (Å²) in [5.74, 6) is 0.804. The van der Waals surface area contributed by atoms with Crippen LogP contribution in [0.5, 0.6) is 0 Å². The van der Waals surface area contributed by atoms with E-state index in [4.69, 9.17) is 15.0 Å². The van der Waals surface area contributed by atoms with Crippen LogP contribution in [0.3, 0.4) is 0 Å². The number of fused-ring (bicyclic) bond motifs is 5. The Kier molecular flexibility index (Phi) is 7.97. The summed E-state index contributed by atoms with van der Waals surface area (Å²) in [5, 5.41) is 2.48. The zero-order chi connectivity index (χ0) is 29.3. The summed E-state index contributed by atoms with van der Waals surface area (Å²) in [7, 11) is 0. The molecule has 0 N–H and O–H groups in total. The number of para-hydroxylation sites is 3. The van der Waals surface area contributed by atoms with Crippen LogP contribution in [0, 0.1) is 12.1 Å². The smallest absolute Gasteiger partial charge is 0.188 e. The second-order valence-corrected chi connectivity index (χ2v) is 11.2. The van der Waals surface area contributed by atoms with E-state index in [1.54, 1.807) is 17.5 Å². The number of imidazole rings is 1. The largest absolute Gasteiger partial charge is 0.316 e. The van der Waals surface area contributed by atoms with E-state index in [0.717, 1.165) is 45.0 Å². The van der Waals surface area contributed by atoms with Crippen molar-refractivity contribution in [2.75, 3.05) is 0 Å². The summed E-state index contributed by atoms with van der Waals surface area (Å²) >= 11 is 1.77. The van der Waals surface area contributed by atoms with Crippen LogP contribution >= 0.6 is 11.3 Å². The van der Waals surface area contributed by atoms with Gasteiger partial charge in [0.1, 0.15) is 0 Å². The van der Waals surface area contributed by atoms with Crippen molar-refractivity contribution >= 4 is 53.8 Å². The Morgan fingerprint density at radius 1 is 0.600 bits per heavy atom. The molecule has 9 rings (SSSR count). The molecule has 217 valence electrons. The predicted octanol–water partition coefficient (Wildman–Crippen LogP) is 9.35. The van der Waals surface area contributed by atoms with E-state index in [0.29, 0.717) is 5.65 Å². The first-order chi connectivity index (χ1) is 21.8. The third-order valence-electron chi connectivity index (χ3n) is 7.40. The molecule has 0 fully saturated rings. The normalized spacial score (nSPS) is 10.9. The van der Waals surface area contributed by atoms with Crippen LogP contribution in [-0.2, 0) is 20.1 Å². The average Bonchev–Trinajstić information content (AvgIpc) is 3.67. The van der Waals surface area contributed by atoms with Gasteiger partial charge in [0, 0.05) is 36.7 Å². The van der Waals surface area contributed by atoms with Crippen LogP contribution in [-0.4, -0.2) is 24.5 Å².